The monoisotopic (exact) mass is 390 g/mol. The summed E-state index contributed by atoms with van der Waals surface area (Å²) < 4.78 is -0.356. The Morgan fingerprint density at radius 3 is 2.13 bits per heavy atom. The molecule has 2 aliphatic carbocycles. The summed E-state index contributed by atoms with van der Waals surface area (Å²) in [5, 5.41) is 32.1. The molecule has 0 aromatic carbocycles. The number of nitrogens with zero attached hydrogens (tertiary/aromatic N) is 4. The molecule has 3 rings (SSSR count). The van der Waals surface area contributed by atoms with Crippen LogP contribution in [0.2, 0.25) is 0 Å². The fraction of sp³-hybridized carbons (Fsp3) is 0.917. The summed E-state index contributed by atoms with van der Waals surface area (Å²) in [6.45, 7) is 0. The molecule has 1 saturated heterocycles. The predicted octanol–water partition coefficient (Wildman–Crippen LogP) is 1.89. The van der Waals surface area contributed by atoms with Crippen molar-refractivity contribution in [2.24, 2.45) is 0 Å². The predicted molar refractivity (Wildman–Crippen MR) is 76.8 cm³/mol. The van der Waals surface area contributed by atoms with Gasteiger partial charge in [0.15, 0.2) is 12.5 Å². The second-order valence-electron chi connectivity index (χ2n) is 6.23. The van der Waals surface area contributed by atoms with E-state index in [-0.39, 0.29) is 4.32 Å². The Balaban J connectivity index is 1.91. The van der Waals surface area contributed by atoms with Crippen LogP contribution in [0.25, 0.3) is 0 Å². The molecule has 2 saturated carbocycles. The zero-order valence-electron chi connectivity index (χ0n) is 12.1. The third-order valence-corrected chi connectivity index (χ3v) is 6.60. The first-order valence-electron chi connectivity index (χ1n) is 7.33. The van der Waals surface area contributed by atoms with Crippen LogP contribution in [0.15, 0.2) is 0 Å². The lowest BCUT2D eigenvalue weighted by Gasteiger charge is -2.56. The van der Waals surface area contributed by atoms with Crippen LogP contribution >= 0.6 is 15.9 Å². The van der Waals surface area contributed by atoms with Gasteiger partial charge in [0.25, 0.3) is 0 Å². The summed E-state index contributed by atoms with van der Waals surface area (Å²) in [6.07, 6.45) is 2.78. The number of hydrogen-bond donors (Lipinski definition) is 0. The summed E-state index contributed by atoms with van der Waals surface area (Å²) in [5.74, 6) is -2.80. The molecular formula is C12H15BrN4O6. The number of hydroxylamine groups is 2. The molecule has 11 heteroatoms. The largest absolute Gasteiger partial charge is 0.570 e. The van der Waals surface area contributed by atoms with Gasteiger partial charge in [-0.3, -0.25) is 25.1 Å². The number of hydrogen-bond acceptors (Lipinski definition) is 8. The lowest BCUT2D eigenvalue weighted by atomic mass is 9.63. The highest BCUT2D eigenvalue weighted by molar-refractivity contribution is 9.10. The minimum absolute atomic E-state index is 0.356. The van der Waals surface area contributed by atoms with E-state index in [1.165, 1.54) is 0 Å². The van der Waals surface area contributed by atoms with Crippen LogP contribution < -0.4 is 0 Å². The first kappa shape index (κ1) is 16.5. The molecule has 3 fully saturated rings. The van der Waals surface area contributed by atoms with Gasteiger partial charge < -0.3 is 0 Å². The van der Waals surface area contributed by atoms with E-state index in [2.05, 4.69) is 15.9 Å². The maximum atomic E-state index is 11.4. The fourth-order valence-electron chi connectivity index (χ4n) is 3.29. The van der Waals surface area contributed by atoms with Gasteiger partial charge in [-0.05, 0) is 32.1 Å². The van der Waals surface area contributed by atoms with E-state index in [4.69, 9.17) is 14.9 Å². The Hall–Kier alpha value is -1.35. The van der Waals surface area contributed by atoms with Crippen molar-refractivity contribution < 1.29 is 19.5 Å². The molecule has 23 heavy (non-hydrogen) atoms. The normalized spacial score (nSPS) is 30.7. The van der Waals surface area contributed by atoms with Gasteiger partial charge in [0.2, 0.25) is 0 Å². The summed E-state index contributed by atoms with van der Waals surface area (Å²) in [7, 11) is 0. The molecular weight excluding hydrogens is 376 g/mol. The van der Waals surface area contributed by atoms with Crippen LogP contribution in [0.3, 0.4) is 0 Å². The summed E-state index contributed by atoms with van der Waals surface area (Å²) in [6, 6.07) is 1.68. The van der Waals surface area contributed by atoms with E-state index in [9.17, 15) is 20.2 Å². The first-order chi connectivity index (χ1) is 10.8. The van der Waals surface area contributed by atoms with Crippen molar-refractivity contribution >= 4 is 15.9 Å². The average molecular weight is 391 g/mol. The molecule has 0 spiro atoms. The number of alkyl halides is 1. The lowest BCUT2D eigenvalue weighted by molar-refractivity contribution is -0.853. The van der Waals surface area contributed by atoms with Crippen molar-refractivity contribution in [1.29, 1.82) is 5.26 Å². The quantitative estimate of drug-likeness (QED) is 0.300. The van der Waals surface area contributed by atoms with Crippen molar-refractivity contribution in [3.8, 4) is 6.07 Å². The molecule has 1 atom stereocenters. The molecule has 0 bridgehead atoms. The maximum Gasteiger partial charge on any atom is 0.570 e. The standard InChI is InChI=1S/C12H15BrN4O6/c13-10(3-1-4-10)11(5-2-6-11)23-17-12(15(18)19,16(20)21)7-9(8-14)22-17/h9H,1-7H2. The number of nitriles is 1. The van der Waals surface area contributed by atoms with Crippen LogP contribution in [-0.2, 0) is 9.68 Å². The van der Waals surface area contributed by atoms with Gasteiger partial charge in [0, 0.05) is 0 Å². The number of rotatable bonds is 5. The zero-order valence-corrected chi connectivity index (χ0v) is 13.7. The topological polar surface area (TPSA) is 132 Å². The lowest BCUT2D eigenvalue weighted by Crippen LogP contribution is -2.66. The van der Waals surface area contributed by atoms with Gasteiger partial charge in [-0.15, -0.1) is 0 Å². The van der Waals surface area contributed by atoms with Gasteiger partial charge in [0.1, 0.15) is 15.4 Å². The van der Waals surface area contributed by atoms with E-state index in [0.29, 0.717) is 18.1 Å². The Labute approximate surface area is 139 Å². The Bertz CT molecular complexity index is 571. The molecule has 126 valence electrons. The van der Waals surface area contributed by atoms with Gasteiger partial charge in [-0.2, -0.15) is 5.26 Å². The van der Waals surface area contributed by atoms with Crippen LogP contribution in [0.4, 0.5) is 0 Å². The molecule has 3 aliphatic rings. The zero-order chi connectivity index (χ0) is 16.9. The molecule has 0 aromatic heterocycles. The van der Waals surface area contributed by atoms with Gasteiger partial charge >= 0.3 is 5.79 Å². The third-order valence-electron chi connectivity index (χ3n) is 5.08. The SMILES string of the molecule is N#CC1CC([N+](=O)[O-])([N+](=O)[O-])N(OC2(C3(Br)CCC3)CCC2)O1. The smallest absolute Gasteiger partial charge is 0.257 e. The van der Waals surface area contributed by atoms with Crippen molar-refractivity contribution in [2.75, 3.05) is 0 Å². The van der Waals surface area contributed by atoms with Crippen molar-refractivity contribution in [2.45, 2.75) is 66.8 Å². The van der Waals surface area contributed by atoms with Crippen LogP contribution in [0.1, 0.15) is 44.9 Å². The highest BCUT2D eigenvalue weighted by Crippen LogP contribution is 2.59. The number of halogens is 1. The van der Waals surface area contributed by atoms with Crippen LogP contribution in [0.5, 0.6) is 0 Å². The van der Waals surface area contributed by atoms with Crippen molar-refractivity contribution in [3.63, 3.8) is 0 Å². The Kier molecular flexibility index (Phi) is 3.83. The summed E-state index contributed by atoms with van der Waals surface area (Å²) in [5.41, 5.74) is -0.771. The second-order valence-corrected chi connectivity index (χ2v) is 7.75. The van der Waals surface area contributed by atoms with Gasteiger partial charge in [-0.25, -0.2) is 4.84 Å². The van der Waals surface area contributed by atoms with E-state index < -0.39 is 33.8 Å². The van der Waals surface area contributed by atoms with E-state index in [1.807, 2.05) is 0 Å². The van der Waals surface area contributed by atoms with E-state index in [0.717, 1.165) is 25.7 Å². The average Bonchev–Trinajstić information content (AvgIpc) is 2.80. The Morgan fingerprint density at radius 1 is 1.22 bits per heavy atom. The van der Waals surface area contributed by atoms with Crippen molar-refractivity contribution in [1.82, 2.24) is 5.23 Å². The molecule has 0 aromatic rings. The maximum absolute atomic E-state index is 11.4. The molecule has 0 radical (unpaired) electrons. The minimum atomic E-state index is -2.80. The number of nitro groups is 2. The highest BCUT2D eigenvalue weighted by Gasteiger charge is 2.74. The van der Waals surface area contributed by atoms with Gasteiger partial charge in [-0.1, -0.05) is 22.4 Å². The van der Waals surface area contributed by atoms with E-state index >= 15 is 0 Å². The van der Waals surface area contributed by atoms with E-state index in [1.54, 1.807) is 6.07 Å². The van der Waals surface area contributed by atoms with Crippen molar-refractivity contribution in [3.05, 3.63) is 20.2 Å². The molecule has 1 heterocycles. The van der Waals surface area contributed by atoms with Crippen LogP contribution in [-0.4, -0.2) is 36.9 Å². The van der Waals surface area contributed by atoms with Gasteiger partial charge in [0.05, 0.1) is 15.6 Å². The van der Waals surface area contributed by atoms with Crippen LogP contribution in [0, 0.1) is 31.6 Å². The molecule has 1 aliphatic heterocycles. The summed E-state index contributed by atoms with van der Waals surface area (Å²) in [4.78, 5) is 31.5. The minimum Gasteiger partial charge on any atom is -0.257 e. The first-order valence-corrected chi connectivity index (χ1v) is 8.13. The highest BCUT2D eigenvalue weighted by atomic mass is 79.9. The second kappa shape index (κ2) is 5.34. The molecule has 0 amide bonds. The fourth-order valence-corrected chi connectivity index (χ4v) is 4.32. The Morgan fingerprint density at radius 2 is 1.78 bits per heavy atom. The molecule has 1 unspecified atom stereocenters. The molecule has 0 N–H and O–H groups in total. The molecule has 10 nitrogen and oxygen atoms in total. The third kappa shape index (κ3) is 2.16. The summed E-state index contributed by atoms with van der Waals surface area (Å²) >= 11 is 3.64.